The van der Waals surface area contributed by atoms with E-state index in [0.29, 0.717) is 22.6 Å². The lowest BCUT2D eigenvalue weighted by Gasteiger charge is -2.07. The highest BCUT2D eigenvalue weighted by Crippen LogP contribution is 2.31. The number of halogens is 1. The van der Waals surface area contributed by atoms with Crippen LogP contribution >= 0.6 is 0 Å². The molecule has 5 rings (SSSR count). The number of nitrogens with one attached hydrogen (secondary N) is 1. The first-order valence-corrected chi connectivity index (χ1v) is 10.4. The molecule has 0 unspecified atom stereocenters. The normalized spacial score (nSPS) is 12.5. The van der Waals surface area contributed by atoms with Gasteiger partial charge in [-0.15, -0.1) is 0 Å². The summed E-state index contributed by atoms with van der Waals surface area (Å²) in [6, 6.07) is 23.4. The van der Waals surface area contributed by atoms with Crippen molar-refractivity contribution in [2.24, 2.45) is 4.99 Å². The molecule has 1 amide bonds. The Morgan fingerprint density at radius 2 is 1.58 bits per heavy atom. The second-order valence-corrected chi connectivity index (χ2v) is 7.59. The zero-order valence-corrected chi connectivity index (χ0v) is 17.5. The number of pyridine rings is 1. The van der Waals surface area contributed by atoms with Crippen LogP contribution in [0.5, 0.6) is 0 Å². The number of aromatic nitrogens is 1. The average Bonchev–Trinajstić information content (AvgIpc) is 3.02. The quantitative estimate of drug-likeness (QED) is 0.411. The Morgan fingerprint density at radius 3 is 2.39 bits per heavy atom. The van der Waals surface area contributed by atoms with Crippen molar-refractivity contribution in [2.45, 2.75) is 6.42 Å². The number of hydrogen-bond acceptors (Lipinski definition) is 3. The highest BCUT2D eigenvalue weighted by Gasteiger charge is 2.18. The Balaban J connectivity index is 1.47. The topological polar surface area (TPSA) is 54.4 Å². The Morgan fingerprint density at radius 1 is 0.818 bits per heavy atom. The number of carbonyl (C=O) groups excluding carboxylic acids is 1. The fraction of sp³-hybridized carbons (Fsp3) is 0.0357. The lowest BCUT2D eigenvalue weighted by Crippen LogP contribution is -2.15. The minimum Gasteiger partial charge on any atom is -0.324 e. The molecule has 0 fully saturated rings. The molecule has 0 spiro atoms. The molecule has 1 aromatic heterocycles. The van der Waals surface area contributed by atoms with Crippen molar-refractivity contribution in [3.05, 3.63) is 114 Å². The smallest absolute Gasteiger partial charge is 0.230 e. The zero-order chi connectivity index (χ0) is 22.6. The summed E-state index contributed by atoms with van der Waals surface area (Å²) in [5.74, 6) is 5.63. The van der Waals surface area contributed by atoms with Gasteiger partial charge in [-0.1, -0.05) is 36.1 Å². The minimum absolute atomic E-state index is 0.136. The van der Waals surface area contributed by atoms with E-state index in [-0.39, 0.29) is 18.1 Å². The standard InChI is InChI=1S/C28H18FN3O/c29-24-11-8-19(9-12-24)6-7-20-10-13-25-27(15-20)32-28(33)17-26(31-25)22-4-1-3-21(16-22)23-5-2-14-30-18-23/h1-5,8-16,18H,17H2,(H,32,33). The van der Waals surface area contributed by atoms with Crippen LogP contribution in [0, 0.1) is 17.7 Å². The van der Waals surface area contributed by atoms with Crippen LogP contribution in [0.4, 0.5) is 15.8 Å². The van der Waals surface area contributed by atoms with Crippen LogP contribution in [0.3, 0.4) is 0 Å². The highest BCUT2D eigenvalue weighted by molar-refractivity contribution is 6.17. The first-order valence-electron chi connectivity index (χ1n) is 10.4. The third kappa shape index (κ3) is 4.70. The summed E-state index contributed by atoms with van der Waals surface area (Å²) in [5, 5.41) is 2.93. The maximum absolute atomic E-state index is 13.1. The largest absolute Gasteiger partial charge is 0.324 e. The Bertz CT molecular complexity index is 1430. The molecule has 3 aromatic carbocycles. The van der Waals surface area contributed by atoms with Crippen LogP contribution in [0.2, 0.25) is 0 Å². The molecular weight excluding hydrogens is 413 g/mol. The van der Waals surface area contributed by atoms with E-state index in [9.17, 15) is 9.18 Å². The highest BCUT2D eigenvalue weighted by atomic mass is 19.1. The van der Waals surface area contributed by atoms with Gasteiger partial charge < -0.3 is 5.32 Å². The molecule has 0 bridgehead atoms. The molecule has 0 saturated heterocycles. The molecule has 4 aromatic rings. The van der Waals surface area contributed by atoms with Crippen molar-refractivity contribution in [3.8, 4) is 23.0 Å². The van der Waals surface area contributed by atoms with E-state index in [1.807, 2.05) is 60.8 Å². The van der Waals surface area contributed by atoms with Gasteiger partial charge in [0.25, 0.3) is 0 Å². The van der Waals surface area contributed by atoms with Gasteiger partial charge in [0.15, 0.2) is 0 Å². The lowest BCUT2D eigenvalue weighted by molar-refractivity contribution is -0.115. The third-order valence-corrected chi connectivity index (χ3v) is 5.24. The number of carbonyl (C=O) groups is 1. The van der Waals surface area contributed by atoms with Gasteiger partial charge in [0.05, 0.1) is 23.5 Å². The van der Waals surface area contributed by atoms with Crippen LogP contribution < -0.4 is 5.32 Å². The Kier molecular flexibility index (Phi) is 5.48. The van der Waals surface area contributed by atoms with E-state index < -0.39 is 0 Å². The summed E-state index contributed by atoms with van der Waals surface area (Å²) in [4.78, 5) is 21.6. The van der Waals surface area contributed by atoms with Gasteiger partial charge in [-0.05, 0) is 65.7 Å². The van der Waals surface area contributed by atoms with Crippen LogP contribution in [0.25, 0.3) is 11.1 Å². The molecule has 0 aliphatic carbocycles. The first kappa shape index (κ1) is 20.3. The number of rotatable bonds is 2. The van der Waals surface area contributed by atoms with E-state index in [1.54, 1.807) is 18.3 Å². The minimum atomic E-state index is -0.298. The summed E-state index contributed by atoms with van der Waals surface area (Å²) in [6.45, 7) is 0. The number of nitrogens with zero attached hydrogens (tertiary/aromatic N) is 2. The number of aliphatic imine (C=N–C) groups is 1. The van der Waals surface area contributed by atoms with Crippen LogP contribution in [-0.4, -0.2) is 16.6 Å². The number of hydrogen-bond donors (Lipinski definition) is 1. The average molecular weight is 431 g/mol. The van der Waals surface area contributed by atoms with Crippen molar-refractivity contribution >= 4 is 23.0 Å². The van der Waals surface area contributed by atoms with Crippen molar-refractivity contribution in [3.63, 3.8) is 0 Å². The fourth-order valence-electron chi connectivity index (χ4n) is 3.60. The third-order valence-electron chi connectivity index (χ3n) is 5.24. The molecule has 5 heteroatoms. The molecule has 33 heavy (non-hydrogen) atoms. The maximum atomic E-state index is 13.1. The van der Waals surface area contributed by atoms with Crippen LogP contribution in [-0.2, 0) is 4.79 Å². The molecule has 158 valence electrons. The molecular formula is C28H18FN3O. The fourth-order valence-corrected chi connectivity index (χ4v) is 3.60. The predicted octanol–water partition coefficient (Wildman–Crippen LogP) is 5.75. The second kappa shape index (κ2) is 8.89. The van der Waals surface area contributed by atoms with Gasteiger partial charge in [-0.3, -0.25) is 14.8 Å². The van der Waals surface area contributed by atoms with E-state index in [1.165, 1.54) is 12.1 Å². The second-order valence-electron chi connectivity index (χ2n) is 7.59. The number of amides is 1. The van der Waals surface area contributed by atoms with E-state index in [4.69, 9.17) is 4.99 Å². The van der Waals surface area contributed by atoms with Gasteiger partial charge >= 0.3 is 0 Å². The number of benzene rings is 3. The van der Waals surface area contributed by atoms with E-state index >= 15 is 0 Å². The zero-order valence-electron chi connectivity index (χ0n) is 17.5. The van der Waals surface area contributed by atoms with E-state index in [0.717, 1.165) is 22.3 Å². The van der Waals surface area contributed by atoms with Gasteiger partial charge in [-0.2, -0.15) is 0 Å². The molecule has 1 N–H and O–H groups in total. The molecule has 0 radical (unpaired) electrons. The lowest BCUT2D eigenvalue weighted by atomic mass is 10.0. The summed E-state index contributed by atoms with van der Waals surface area (Å²) in [7, 11) is 0. The summed E-state index contributed by atoms with van der Waals surface area (Å²) >= 11 is 0. The number of anilines is 1. The summed E-state index contributed by atoms with van der Waals surface area (Å²) < 4.78 is 13.1. The van der Waals surface area contributed by atoms with Gasteiger partial charge in [0, 0.05) is 29.1 Å². The molecule has 0 atom stereocenters. The Hall–Kier alpha value is -4.56. The van der Waals surface area contributed by atoms with E-state index in [2.05, 4.69) is 22.1 Å². The monoisotopic (exact) mass is 431 g/mol. The van der Waals surface area contributed by atoms with Crippen molar-refractivity contribution in [1.82, 2.24) is 4.98 Å². The van der Waals surface area contributed by atoms with Crippen LogP contribution in [0.1, 0.15) is 23.1 Å². The molecule has 1 aliphatic rings. The number of fused-ring (bicyclic) bond motifs is 1. The SMILES string of the molecule is O=C1CC(c2cccc(-c3cccnc3)c2)=Nc2ccc(C#Cc3ccc(F)cc3)cc2N1. The van der Waals surface area contributed by atoms with Crippen molar-refractivity contribution in [2.75, 3.05) is 5.32 Å². The summed E-state index contributed by atoms with van der Waals surface area (Å²) in [5.41, 5.74) is 6.34. The summed E-state index contributed by atoms with van der Waals surface area (Å²) in [6.07, 6.45) is 3.72. The van der Waals surface area contributed by atoms with Gasteiger partial charge in [0.2, 0.25) is 5.91 Å². The van der Waals surface area contributed by atoms with Gasteiger partial charge in [-0.25, -0.2) is 4.39 Å². The first-order chi connectivity index (χ1) is 16.1. The van der Waals surface area contributed by atoms with Crippen molar-refractivity contribution < 1.29 is 9.18 Å². The Labute approximate surface area is 190 Å². The molecule has 4 nitrogen and oxygen atoms in total. The molecule has 0 saturated carbocycles. The van der Waals surface area contributed by atoms with Crippen molar-refractivity contribution in [1.29, 1.82) is 0 Å². The maximum Gasteiger partial charge on any atom is 0.230 e. The van der Waals surface area contributed by atoms with Crippen LogP contribution in [0.15, 0.2) is 96.2 Å². The molecule has 1 aliphatic heterocycles. The molecule has 2 heterocycles. The van der Waals surface area contributed by atoms with Gasteiger partial charge in [0.1, 0.15) is 5.82 Å². The predicted molar refractivity (Wildman–Crippen MR) is 128 cm³/mol.